The van der Waals surface area contributed by atoms with Gasteiger partial charge in [-0.15, -0.1) is 0 Å². The summed E-state index contributed by atoms with van der Waals surface area (Å²) < 4.78 is 0. The van der Waals surface area contributed by atoms with Crippen molar-refractivity contribution in [3.05, 3.63) is 59.7 Å². The Bertz CT molecular complexity index is 653. The lowest BCUT2D eigenvalue weighted by Gasteiger charge is -2.14. The molecule has 96 valence electrons. The Kier molecular flexibility index (Phi) is 2.90. The minimum Gasteiger partial charge on any atom is -0.388 e. The van der Waals surface area contributed by atoms with E-state index >= 15 is 0 Å². The van der Waals surface area contributed by atoms with Crippen LogP contribution < -0.4 is 5.32 Å². The Labute approximate surface area is 115 Å². The second-order valence-electron chi connectivity index (χ2n) is 5.06. The van der Waals surface area contributed by atoms with Gasteiger partial charge in [0.15, 0.2) is 0 Å². The van der Waals surface area contributed by atoms with Gasteiger partial charge in [-0.1, -0.05) is 43.8 Å². The third-order valence-corrected chi connectivity index (χ3v) is 4.04. The maximum absolute atomic E-state index is 4.22. The molecule has 0 bridgehead atoms. The number of fused-ring (bicyclic) bond motifs is 3. The molecule has 1 nitrogen and oxygen atoms in total. The predicted octanol–water partition coefficient (Wildman–Crippen LogP) is 4.72. The third-order valence-electron chi connectivity index (χ3n) is 4.04. The van der Waals surface area contributed by atoms with Crippen molar-refractivity contribution in [2.45, 2.75) is 19.8 Å². The zero-order valence-corrected chi connectivity index (χ0v) is 11.6. The van der Waals surface area contributed by atoms with Gasteiger partial charge >= 0.3 is 0 Å². The smallest absolute Gasteiger partial charge is 0.0420 e. The molecule has 0 unspecified atom stereocenters. The number of hydrogen-bond donors (Lipinski definition) is 1. The number of hydrogen-bond acceptors (Lipinski definition) is 1. The molecule has 0 radical (unpaired) electrons. The minimum atomic E-state index is 1.00. The molecule has 19 heavy (non-hydrogen) atoms. The van der Waals surface area contributed by atoms with Crippen LogP contribution >= 0.6 is 0 Å². The van der Waals surface area contributed by atoms with E-state index in [0.717, 1.165) is 12.8 Å². The first kappa shape index (κ1) is 12.0. The van der Waals surface area contributed by atoms with Gasteiger partial charge < -0.3 is 5.32 Å². The van der Waals surface area contributed by atoms with Gasteiger partial charge in [0, 0.05) is 18.3 Å². The fourth-order valence-electron chi connectivity index (χ4n) is 2.98. The number of anilines is 1. The molecular formula is C18H19N. The average Bonchev–Trinajstić information content (AvgIpc) is 2.85. The van der Waals surface area contributed by atoms with Crippen molar-refractivity contribution >= 4 is 11.3 Å². The molecule has 0 saturated heterocycles. The second kappa shape index (κ2) is 4.58. The summed E-state index contributed by atoms with van der Waals surface area (Å²) in [4.78, 5) is 0. The SMILES string of the molecule is C=C(CC)c1ccc(NC)c2c1Cc1ccccc1-2. The van der Waals surface area contributed by atoms with Gasteiger partial charge in [0.05, 0.1) is 0 Å². The molecule has 2 aromatic carbocycles. The molecule has 0 aliphatic heterocycles. The van der Waals surface area contributed by atoms with E-state index in [1.54, 1.807) is 0 Å². The summed E-state index contributed by atoms with van der Waals surface area (Å²) in [5, 5.41) is 3.32. The van der Waals surface area contributed by atoms with Crippen LogP contribution in [0.25, 0.3) is 16.7 Å². The van der Waals surface area contributed by atoms with Crippen LogP contribution in [0.2, 0.25) is 0 Å². The molecule has 2 aromatic rings. The van der Waals surface area contributed by atoms with Gasteiger partial charge in [-0.25, -0.2) is 0 Å². The van der Waals surface area contributed by atoms with Crippen molar-refractivity contribution in [1.82, 2.24) is 0 Å². The van der Waals surface area contributed by atoms with Crippen LogP contribution in [0.15, 0.2) is 43.0 Å². The van der Waals surface area contributed by atoms with Gasteiger partial charge in [0.1, 0.15) is 0 Å². The van der Waals surface area contributed by atoms with Gasteiger partial charge in [-0.3, -0.25) is 0 Å². The van der Waals surface area contributed by atoms with Crippen molar-refractivity contribution in [1.29, 1.82) is 0 Å². The van der Waals surface area contributed by atoms with Gasteiger partial charge in [0.2, 0.25) is 0 Å². The number of nitrogens with one attached hydrogen (secondary N) is 1. The van der Waals surface area contributed by atoms with Crippen LogP contribution in [0.1, 0.15) is 30.0 Å². The monoisotopic (exact) mass is 249 g/mol. The van der Waals surface area contributed by atoms with E-state index in [9.17, 15) is 0 Å². The van der Waals surface area contributed by atoms with E-state index in [1.165, 1.54) is 39.1 Å². The van der Waals surface area contributed by atoms with Crippen LogP contribution in [-0.4, -0.2) is 7.05 Å². The van der Waals surface area contributed by atoms with Crippen LogP contribution in [0.4, 0.5) is 5.69 Å². The summed E-state index contributed by atoms with van der Waals surface area (Å²) in [6.45, 7) is 6.39. The molecule has 0 heterocycles. The molecule has 0 amide bonds. The van der Waals surface area contributed by atoms with E-state index in [1.807, 2.05) is 7.05 Å². The van der Waals surface area contributed by atoms with Crippen molar-refractivity contribution in [2.24, 2.45) is 0 Å². The number of rotatable bonds is 3. The highest BCUT2D eigenvalue weighted by Crippen LogP contribution is 2.44. The van der Waals surface area contributed by atoms with Crippen LogP contribution in [0, 0.1) is 0 Å². The molecule has 3 rings (SSSR count). The summed E-state index contributed by atoms with van der Waals surface area (Å²) in [6, 6.07) is 13.1. The predicted molar refractivity (Wildman–Crippen MR) is 83.6 cm³/mol. The van der Waals surface area contributed by atoms with Crippen molar-refractivity contribution < 1.29 is 0 Å². The Morgan fingerprint density at radius 1 is 1.21 bits per heavy atom. The standard InChI is InChI=1S/C18H19N/c1-4-12(2)14-9-10-17(19-3)18-15-8-6-5-7-13(15)11-16(14)18/h5-10,19H,2,4,11H2,1,3H3. The van der Waals surface area contributed by atoms with Crippen LogP contribution in [-0.2, 0) is 6.42 Å². The van der Waals surface area contributed by atoms with Crippen LogP contribution in [0.3, 0.4) is 0 Å². The Morgan fingerprint density at radius 2 is 2.00 bits per heavy atom. The zero-order valence-electron chi connectivity index (χ0n) is 11.6. The first-order valence-electron chi connectivity index (χ1n) is 6.86. The Morgan fingerprint density at radius 3 is 2.74 bits per heavy atom. The van der Waals surface area contributed by atoms with E-state index in [2.05, 4.69) is 55.2 Å². The summed E-state index contributed by atoms with van der Waals surface area (Å²) in [6.07, 6.45) is 2.02. The molecule has 1 heteroatoms. The normalized spacial score (nSPS) is 11.9. The van der Waals surface area contributed by atoms with Crippen molar-refractivity contribution in [3.63, 3.8) is 0 Å². The maximum Gasteiger partial charge on any atom is 0.0420 e. The zero-order chi connectivity index (χ0) is 13.4. The quantitative estimate of drug-likeness (QED) is 0.708. The van der Waals surface area contributed by atoms with E-state index < -0.39 is 0 Å². The van der Waals surface area contributed by atoms with Crippen molar-refractivity contribution in [2.75, 3.05) is 12.4 Å². The highest BCUT2D eigenvalue weighted by molar-refractivity contribution is 5.91. The molecule has 0 atom stereocenters. The molecule has 0 saturated carbocycles. The molecular weight excluding hydrogens is 230 g/mol. The Balaban J connectivity index is 2.27. The fourth-order valence-corrected chi connectivity index (χ4v) is 2.98. The third kappa shape index (κ3) is 1.77. The maximum atomic E-state index is 4.22. The summed E-state index contributed by atoms with van der Waals surface area (Å²) in [5.41, 5.74) is 9.36. The topological polar surface area (TPSA) is 12.0 Å². The fraction of sp³-hybridized carbons (Fsp3) is 0.222. The lowest BCUT2D eigenvalue weighted by molar-refractivity contribution is 1.20. The lowest BCUT2D eigenvalue weighted by atomic mass is 9.94. The second-order valence-corrected chi connectivity index (χ2v) is 5.06. The van der Waals surface area contributed by atoms with Gasteiger partial charge in [0.25, 0.3) is 0 Å². The van der Waals surface area contributed by atoms with E-state index in [-0.39, 0.29) is 0 Å². The van der Waals surface area contributed by atoms with Gasteiger partial charge in [-0.05, 0) is 46.7 Å². The molecule has 0 aromatic heterocycles. The summed E-state index contributed by atoms with van der Waals surface area (Å²) >= 11 is 0. The Hall–Kier alpha value is -2.02. The molecule has 0 fully saturated rings. The molecule has 1 N–H and O–H groups in total. The van der Waals surface area contributed by atoms with E-state index in [0.29, 0.717) is 0 Å². The lowest BCUT2D eigenvalue weighted by Crippen LogP contribution is -1.96. The minimum absolute atomic E-state index is 1.00. The molecule has 1 aliphatic carbocycles. The number of benzene rings is 2. The summed E-state index contributed by atoms with van der Waals surface area (Å²) in [7, 11) is 1.99. The highest BCUT2D eigenvalue weighted by Gasteiger charge is 2.23. The van der Waals surface area contributed by atoms with Crippen LogP contribution in [0.5, 0.6) is 0 Å². The summed E-state index contributed by atoms with van der Waals surface area (Å²) in [5.74, 6) is 0. The van der Waals surface area contributed by atoms with E-state index in [4.69, 9.17) is 0 Å². The van der Waals surface area contributed by atoms with Crippen molar-refractivity contribution in [3.8, 4) is 11.1 Å². The largest absolute Gasteiger partial charge is 0.388 e. The average molecular weight is 249 g/mol. The first-order valence-corrected chi connectivity index (χ1v) is 6.86. The molecule has 0 spiro atoms. The first-order chi connectivity index (χ1) is 9.26. The number of allylic oxidation sites excluding steroid dienone is 1. The highest BCUT2D eigenvalue weighted by atomic mass is 14.8. The molecule has 1 aliphatic rings. The van der Waals surface area contributed by atoms with Gasteiger partial charge in [-0.2, -0.15) is 0 Å².